The minimum atomic E-state index is -0.167. The Hall–Kier alpha value is -0.540. The first-order chi connectivity index (χ1) is 7.76. The Balaban J connectivity index is 2.18. The van der Waals surface area contributed by atoms with E-state index in [9.17, 15) is 4.39 Å². The molecule has 1 nitrogen and oxygen atoms in total. The molecule has 0 amide bonds. The lowest BCUT2D eigenvalue weighted by atomic mass is 10.2. The van der Waals surface area contributed by atoms with E-state index >= 15 is 0 Å². The average Bonchev–Trinajstić information content (AvgIpc) is 2.32. The molecule has 0 unspecified atom stereocenters. The van der Waals surface area contributed by atoms with Gasteiger partial charge in [0.2, 0.25) is 0 Å². The molecule has 16 heavy (non-hydrogen) atoms. The van der Waals surface area contributed by atoms with Gasteiger partial charge in [0, 0.05) is 23.2 Å². The van der Waals surface area contributed by atoms with Crippen molar-refractivity contribution in [3.8, 4) is 0 Å². The third kappa shape index (κ3) is 4.99. The van der Waals surface area contributed by atoms with E-state index < -0.39 is 0 Å². The van der Waals surface area contributed by atoms with Crippen LogP contribution in [-0.2, 0) is 0 Å². The topological polar surface area (TPSA) is 12.0 Å². The van der Waals surface area contributed by atoms with E-state index in [2.05, 4.69) is 19.2 Å². The molecule has 0 saturated heterocycles. The normalized spacial score (nSPS) is 11.0. The summed E-state index contributed by atoms with van der Waals surface area (Å²) in [7, 11) is 0. The van der Waals surface area contributed by atoms with Crippen molar-refractivity contribution >= 4 is 11.8 Å². The molecule has 0 atom stereocenters. The molecule has 0 heterocycles. The summed E-state index contributed by atoms with van der Waals surface area (Å²) in [5.41, 5.74) is 0. The molecule has 1 aromatic rings. The van der Waals surface area contributed by atoms with Gasteiger partial charge in [-0.25, -0.2) is 4.39 Å². The number of thioether (sulfide) groups is 1. The number of nitrogens with one attached hydrogen (secondary N) is 1. The van der Waals surface area contributed by atoms with E-state index in [4.69, 9.17) is 0 Å². The Kier molecular flexibility index (Phi) is 6.50. The summed E-state index contributed by atoms with van der Waals surface area (Å²) in [5.74, 6) is 0.863. The summed E-state index contributed by atoms with van der Waals surface area (Å²) in [5, 5.41) is 3.51. The van der Waals surface area contributed by atoms with Gasteiger partial charge in [-0.2, -0.15) is 0 Å². The van der Waals surface area contributed by atoms with Crippen LogP contribution in [0.5, 0.6) is 0 Å². The van der Waals surface area contributed by atoms with Gasteiger partial charge in [0.25, 0.3) is 0 Å². The fourth-order valence-electron chi connectivity index (χ4n) is 1.54. The molecule has 0 aliphatic carbocycles. The second-order valence-electron chi connectivity index (χ2n) is 3.77. The highest BCUT2D eigenvalue weighted by Crippen LogP contribution is 2.17. The standard InChI is InChI=1S/C13H20FNS/c1-3-12(4-2)15-9-10-16-13-7-5-11(14)6-8-13/h5-8,12,15H,3-4,9-10H2,1-2H3. The molecule has 0 saturated carbocycles. The average molecular weight is 241 g/mol. The molecule has 1 N–H and O–H groups in total. The highest BCUT2D eigenvalue weighted by molar-refractivity contribution is 7.99. The maximum absolute atomic E-state index is 12.7. The lowest BCUT2D eigenvalue weighted by Gasteiger charge is -2.14. The molecular formula is C13H20FNS. The summed E-state index contributed by atoms with van der Waals surface area (Å²) in [6.45, 7) is 5.41. The number of hydrogen-bond acceptors (Lipinski definition) is 2. The predicted octanol–water partition coefficient (Wildman–Crippen LogP) is 3.70. The van der Waals surface area contributed by atoms with Crippen molar-refractivity contribution in [1.82, 2.24) is 5.32 Å². The number of rotatable bonds is 7. The number of hydrogen-bond donors (Lipinski definition) is 1. The van der Waals surface area contributed by atoms with Crippen LogP contribution >= 0.6 is 11.8 Å². The third-order valence-corrected chi connectivity index (χ3v) is 3.62. The molecule has 0 fully saturated rings. The van der Waals surface area contributed by atoms with Crippen molar-refractivity contribution in [3.63, 3.8) is 0 Å². The summed E-state index contributed by atoms with van der Waals surface area (Å²) in [6.07, 6.45) is 2.36. The smallest absolute Gasteiger partial charge is 0.123 e. The quantitative estimate of drug-likeness (QED) is 0.577. The first-order valence-corrected chi connectivity index (χ1v) is 6.86. The van der Waals surface area contributed by atoms with Crippen molar-refractivity contribution in [1.29, 1.82) is 0 Å². The van der Waals surface area contributed by atoms with Gasteiger partial charge in [-0.3, -0.25) is 0 Å². The minimum Gasteiger partial charge on any atom is -0.313 e. The zero-order valence-corrected chi connectivity index (χ0v) is 10.8. The monoisotopic (exact) mass is 241 g/mol. The van der Waals surface area contributed by atoms with Crippen LogP contribution in [0.3, 0.4) is 0 Å². The first-order valence-electron chi connectivity index (χ1n) is 5.88. The van der Waals surface area contributed by atoms with E-state index in [0.717, 1.165) is 17.2 Å². The second kappa shape index (κ2) is 7.69. The first kappa shape index (κ1) is 13.5. The summed E-state index contributed by atoms with van der Waals surface area (Å²) < 4.78 is 12.7. The SMILES string of the molecule is CCC(CC)NCCSc1ccc(F)cc1. The maximum Gasteiger partial charge on any atom is 0.123 e. The van der Waals surface area contributed by atoms with E-state index in [1.54, 1.807) is 11.8 Å². The highest BCUT2D eigenvalue weighted by Gasteiger charge is 2.01. The summed E-state index contributed by atoms with van der Waals surface area (Å²) in [4.78, 5) is 1.13. The lowest BCUT2D eigenvalue weighted by Crippen LogP contribution is -2.29. The molecule has 0 radical (unpaired) electrons. The number of halogens is 1. The molecule has 0 aliphatic heterocycles. The highest BCUT2D eigenvalue weighted by atomic mass is 32.2. The lowest BCUT2D eigenvalue weighted by molar-refractivity contribution is 0.501. The third-order valence-electron chi connectivity index (χ3n) is 2.60. The zero-order chi connectivity index (χ0) is 11.8. The molecule has 0 aromatic heterocycles. The maximum atomic E-state index is 12.7. The Morgan fingerprint density at radius 2 is 1.81 bits per heavy atom. The largest absolute Gasteiger partial charge is 0.313 e. The van der Waals surface area contributed by atoms with Gasteiger partial charge in [-0.05, 0) is 37.1 Å². The fraction of sp³-hybridized carbons (Fsp3) is 0.538. The Morgan fingerprint density at radius 1 is 1.19 bits per heavy atom. The molecule has 0 aliphatic rings. The van der Waals surface area contributed by atoms with E-state index in [1.165, 1.54) is 25.0 Å². The predicted molar refractivity (Wildman–Crippen MR) is 69.5 cm³/mol. The van der Waals surface area contributed by atoms with Gasteiger partial charge < -0.3 is 5.32 Å². The van der Waals surface area contributed by atoms with Crippen LogP contribution in [0.4, 0.5) is 4.39 Å². The van der Waals surface area contributed by atoms with Crippen molar-refractivity contribution in [3.05, 3.63) is 30.1 Å². The molecule has 1 aromatic carbocycles. The minimum absolute atomic E-state index is 0.167. The van der Waals surface area contributed by atoms with E-state index in [1.807, 2.05) is 12.1 Å². The van der Waals surface area contributed by atoms with Crippen LogP contribution in [0.25, 0.3) is 0 Å². The van der Waals surface area contributed by atoms with Crippen LogP contribution in [0.1, 0.15) is 26.7 Å². The van der Waals surface area contributed by atoms with Crippen LogP contribution in [0.15, 0.2) is 29.2 Å². The van der Waals surface area contributed by atoms with Gasteiger partial charge in [0.05, 0.1) is 0 Å². The second-order valence-corrected chi connectivity index (χ2v) is 4.94. The van der Waals surface area contributed by atoms with Crippen LogP contribution in [-0.4, -0.2) is 18.3 Å². The Labute approximate surface area is 102 Å². The van der Waals surface area contributed by atoms with Gasteiger partial charge in [-0.1, -0.05) is 13.8 Å². The number of benzene rings is 1. The molecule has 0 bridgehead atoms. The van der Waals surface area contributed by atoms with Crippen molar-refractivity contribution in [2.75, 3.05) is 12.3 Å². The van der Waals surface area contributed by atoms with Crippen LogP contribution in [0, 0.1) is 5.82 Å². The van der Waals surface area contributed by atoms with Gasteiger partial charge in [0.1, 0.15) is 5.82 Å². The van der Waals surface area contributed by atoms with Crippen LogP contribution in [0.2, 0.25) is 0 Å². The molecule has 90 valence electrons. The van der Waals surface area contributed by atoms with Crippen molar-refractivity contribution in [2.45, 2.75) is 37.6 Å². The fourth-order valence-corrected chi connectivity index (χ4v) is 2.32. The molecule has 1 rings (SSSR count). The molecular weight excluding hydrogens is 221 g/mol. The van der Waals surface area contributed by atoms with Gasteiger partial charge in [0.15, 0.2) is 0 Å². The van der Waals surface area contributed by atoms with E-state index in [-0.39, 0.29) is 5.82 Å². The van der Waals surface area contributed by atoms with Crippen molar-refractivity contribution in [2.24, 2.45) is 0 Å². The molecule has 3 heteroatoms. The summed E-state index contributed by atoms with van der Waals surface area (Å²) in [6, 6.07) is 7.32. The Bertz CT molecular complexity index is 282. The van der Waals surface area contributed by atoms with Crippen molar-refractivity contribution < 1.29 is 4.39 Å². The molecule has 0 spiro atoms. The van der Waals surface area contributed by atoms with Crippen LogP contribution < -0.4 is 5.32 Å². The Morgan fingerprint density at radius 3 is 2.38 bits per heavy atom. The zero-order valence-electron chi connectivity index (χ0n) is 10.0. The van der Waals surface area contributed by atoms with Gasteiger partial charge in [-0.15, -0.1) is 11.8 Å². The summed E-state index contributed by atoms with van der Waals surface area (Å²) >= 11 is 1.76. The van der Waals surface area contributed by atoms with E-state index in [0.29, 0.717) is 6.04 Å². The van der Waals surface area contributed by atoms with Gasteiger partial charge >= 0.3 is 0 Å².